The van der Waals surface area contributed by atoms with Crippen molar-refractivity contribution in [2.75, 3.05) is 60.2 Å². The molecule has 0 atom stereocenters. The van der Waals surface area contributed by atoms with E-state index in [4.69, 9.17) is 14.2 Å². The number of methoxy groups -OCH3 is 1. The number of nitrogens with one attached hydrogen (secondary N) is 1. The van der Waals surface area contributed by atoms with Crippen LogP contribution in [0.1, 0.15) is 26.2 Å². The Labute approximate surface area is 128 Å². The van der Waals surface area contributed by atoms with E-state index >= 15 is 0 Å². The molecule has 1 rings (SSSR count). The fourth-order valence-corrected chi connectivity index (χ4v) is 2.40. The second kappa shape index (κ2) is 11.8. The Balaban J connectivity index is 2.17. The molecule has 1 aliphatic heterocycles. The SMILES string of the molecule is CCOCCNC(=NC)N1CCC(OCCCOC)CC1. The van der Waals surface area contributed by atoms with E-state index in [1.54, 1.807) is 7.11 Å². The first-order valence-corrected chi connectivity index (χ1v) is 7.95. The van der Waals surface area contributed by atoms with Crippen molar-refractivity contribution >= 4 is 5.96 Å². The first kappa shape index (κ1) is 18.2. The highest BCUT2D eigenvalue weighted by Gasteiger charge is 2.21. The van der Waals surface area contributed by atoms with Gasteiger partial charge in [-0.15, -0.1) is 0 Å². The van der Waals surface area contributed by atoms with E-state index in [1.807, 2.05) is 14.0 Å². The second-order valence-corrected chi connectivity index (χ2v) is 5.07. The van der Waals surface area contributed by atoms with Crippen LogP contribution in [0.25, 0.3) is 0 Å². The molecule has 0 radical (unpaired) electrons. The Kier molecular flexibility index (Phi) is 10.2. The molecule has 0 bridgehead atoms. The van der Waals surface area contributed by atoms with Crippen LogP contribution < -0.4 is 5.32 Å². The molecular formula is C15H31N3O3. The third kappa shape index (κ3) is 7.64. The minimum Gasteiger partial charge on any atom is -0.385 e. The van der Waals surface area contributed by atoms with Crippen LogP contribution in [-0.4, -0.2) is 77.2 Å². The Morgan fingerprint density at radius 1 is 1.24 bits per heavy atom. The summed E-state index contributed by atoms with van der Waals surface area (Å²) in [5, 5.41) is 3.34. The molecule has 0 aliphatic carbocycles. The number of ether oxygens (including phenoxy) is 3. The molecule has 0 aromatic rings. The summed E-state index contributed by atoms with van der Waals surface area (Å²) < 4.78 is 16.2. The van der Waals surface area contributed by atoms with Gasteiger partial charge >= 0.3 is 0 Å². The molecule has 21 heavy (non-hydrogen) atoms. The Morgan fingerprint density at radius 3 is 2.62 bits per heavy atom. The highest BCUT2D eigenvalue weighted by Crippen LogP contribution is 2.14. The molecule has 1 fully saturated rings. The maximum absolute atomic E-state index is 5.87. The van der Waals surface area contributed by atoms with Crippen LogP contribution in [-0.2, 0) is 14.2 Å². The van der Waals surface area contributed by atoms with Gasteiger partial charge in [-0.1, -0.05) is 0 Å². The average Bonchev–Trinajstić information content (AvgIpc) is 2.53. The van der Waals surface area contributed by atoms with Crippen molar-refractivity contribution in [3.63, 3.8) is 0 Å². The maximum atomic E-state index is 5.87. The monoisotopic (exact) mass is 301 g/mol. The third-order valence-electron chi connectivity index (χ3n) is 3.53. The molecular weight excluding hydrogens is 270 g/mol. The van der Waals surface area contributed by atoms with E-state index in [2.05, 4.69) is 15.2 Å². The lowest BCUT2D eigenvalue weighted by Gasteiger charge is -2.34. The van der Waals surface area contributed by atoms with E-state index in [0.29, 0.717) is 12.7 Å². The smallest absolute Gasteiger partial charge is 0.193 e. The second-order valence-electron chi connectivity index (χ2n) is 5.07. The normalized spacial score (nSPS) is 17.3. The molecule has 0 spiro atoms. The summed E-state index contributed by atoms with van der Waals surface area (Å²) in [4.78, 5) is 6.63. The van der Waals surface area contributed by atoms with Crippen molar-refractivity contribution < 1.29 is 14.2 Å². The van der Waals surface area contributed by atoms with Crippen molar-refractivity contribution in [1.29, 1.82) is 0 Å². The van der Waals surface area contributed by atoms with Gasteiger partial charge in [0.25, 0.3) is 0 Å². The van der Waals surface area contributed by atoms with Crippen molar-refractivity contribution in [3.8, 4) is 0 Å². The Morgan fingerprint density at radius 2 is 2.00 bits per heavy atom. The molecule has 0 unspecified atom stereocenters. The van der Waals surface area contributed by atoms with Gasteiger partial charge in [0.2, 0.25) is 0 Å². The summed E-state index contributed by atoms with van der Waals surface area (Å²) in [5.41, 5.74) is 0. The number of hydrogen-bond donors (Lipinski definition) is 1. The molecule has 6 nitrogen and oxygen atoms in total. The number of likely N-dealkylation sites (tertiary alicyclic amines) is 1. The summed E-state index contributed by atoms with van der Waals surface area (Å²) in [6.45, 7) is 7.82. The number of piperidine rings is 1. The van der Waals surface area contributed by atoms with E-state index < -0.39 is 0 Å². The summed E-state index contributed by atoms with van der Waals surface area (Å²) in [7, 11) is 3.55. The number of nitrogens with zero attached hydrogens (tertiary/aromatic N) is 2. The summed E-state index contributed by atoms with van der Waals surface area (Å²) in [6.07, 6.45) is 3.45. The van der Waals surface area contributed by atoms with Gasteiger partial charge in [-0.3, -0.25) is 4.99 Å². The quantitative estimate of drug-likeness (QED) is 0.393. The molecule has 0 saturated carbocycles. The van der Waals surface area contributed by atoms with Gasteiger partial charge in [0.15, 0.2) is 5.96 Å². The Hall–Kier alpha value is -0.850. The number of guanidine groups is 1. The van der Waals surface area contributed by atoms with Crippen LogP contribution in [0.2, 0.25) is 0 Å². The van der Waals surface area contributed by atoms with Crippen LogP contribution in [0.3, 0.4) is 0 Å². The lowest BCUT2D eigenvalue weighted by molar-refractivity contribution is 0.00985. The van der Waals surface area contributed by atoms with Crippen molar-refractivity contribution in [3.05, 3.63) is 0 Å². The first-order valence-electron chi connectivity index (χ1n) is 7.95. The topological polar surface area (TPSA) is 55.3 Å². The molecule has 0 amide bonds. The lowest BCUT2D eigenvalue weighted by Crippen LogP contribution is -2.47. The van der Waals surface area contributed by atoms with Gasteiger partial charge in [0.1, 0.15) is 0 Å². The molecule has 124 valence electrons. The predicted molar refractivity (Wildman–Crippen MR) is 84.9 cm³/mol. The van der Waals surface area contributed by atoms with Crippen molar-refractivity contribution in [1.82, 2.24) is 10.2 Å². The first-order chi connectivity index (χ1) is 10.3. The fraction of sp³-hybridized carbons (Fsp3) is 0.933. The van der Waals surface area contributed by atoms with Crippen LogP contribution in [0.15, 0.2) is 4.99 Å². The fourth-order valence-electron chi connectivity index (χ4n) is 2.40. The summed E-state index contributed by atoms with van der Waals surface area (Å²) >= 11 is 0. The molecule has 6 heteroatoms. The number of hydrogen-bond acceptors (Lipinski definition) is 4. The zero-order valence-electron chi connectivity index (χ0n) is 13.8. The van der Waals surface area contributed by atoms with E-state index in [1.165, 1.54) is 0 Å². The molecule has 1 saturated heterocycles. The van der Waals surface area contributed by atoms with Gasteiger partial charge in [-0.25, -0.2) is 0 Å². The van der Waals surface area contributed by atoms with Crippen LogP contribution in [0, 0.1) is 0 Å². The van der Waals surface area contributed by atoms with E-state index in [-0.39, 0.29) is 0 Å². The lowest BCUT2D eigenvalue weighted by atomic mass is 10.1. The molecule has 1 heterocycles. The minimum absolute atomic E-state index is 0.375. The van der Waals surface area contributed by atoms with Crippen molar-refractivity contribution in [2.24, 2.45) is 4.99 Å². The van der Waals surface area contributed by atoms with Gasteiger partial charge in [0, 0.05) is 53.6 Å². The van der Waals surface area contributed by atoms with Gasteiger partial charge in [-0.2, -0.15) is 0 Å². The van der Waals surface area contributed by atoms with Gasteiger partial charge in [-0.05, 0) is 26.2 Å². The third-order valence-corrected chi connectivity index (χ3v) is 3.53. The van der Waals surface area contributed by atoms with Crippen LogP contribution >= 0.6 is 0 Å². The van der Waals surface area contributed by atoms with E-state index in [0.717, 1.165) is 64.7 Å². The standard InChI is InChI=1S/C15H31N3O3/c1-4-20-13-8-17-15(16-2)18-9-6-14(7-10-18)21-12-5-11-19-3/h14H,4-13H2,1-3H3,(H,16,17). The molecule has 1 aliphatic rings. The van der Waals surface area contributed by atoms with Crippen LogP contribution in [0.5, 0.6) is 0 Å². The summed E-state index contributed by atoms with van der Waals surface area (Å²) in [5.74, 6) is 0.965. The number of aliphatic imine (C=N–C) groups is 1. The molecule has 0 aromatic heterocycles. The summed E-state index contributed by atoms with van der Waals surface area (Å²) in [6, 6.07) is 0. The highest BCUT2D eigenvalue weighted by atomic mass is 16.5. The van der Waals surface area contributed by atoms with E-state index in [9.17, 15) is 0 Å². The van der Waals surface area contributed by atoms with Gasteiger partial charge in [0.05, 0.1) is 12.7 Å². The highest BCUT2D eigenvalue weighted by molar-refractivity contribution is 5.79. The molecule has 1 N–H and O–H groups in total. The number of rotatable bonds is 9. The zero-order chi connectivity index (χ0) is 15.3. The van der Waals surface area contributed by atoms with Crippen molar-refractivity contribution in [2.45, 2.75) is 32.3 Å². The zero-order valence-corrected chi connectivity index (χ0v) is 13.8. The minimum atomic E-state index is 0.375. The average molecular weight is 301 g/mol. The predicted octanol–water partition coefficient (Wildman–Crippen LogP) is 1.12. The van der Waals surface area contributed by atoms with Gasteiger partial charge < -0.3 is 24.4 Å². The maximum Gasteiger partial charge on any atom is 0.193 e. The molecule has 0 aromatic carbocycles. The largest absolute Gasteiger partial charge is 0.385 e. The van der Waals surface area contributed by atoms with Crippen LogP contribution in [0.4, 0.5) is 0 Å². The Bertz CT molecular complexity index is 279.